The predicted octanol–water partition coefficient (Wildman–Crippen LogP) is 3.02. The number of rotatable bonds is 5. The molecule has 0 spiro atoms. The molecule has 0 unspecified atom stereocenters. The molecule has 102 valence electrons. The van der Waals surface area contributed by atoms with Crippen LogP contribution in [0.2, 0.25) is 0 Å². The molecule has 0 fully saturated rings. The fourth-order valence-corrected chi connectivity index (χ4v) is 2.98. The Bertz CT molecular complexity index is 569. The van der Waals surface area contributed by atoms with Crippen molar-refractivity contribution in [2.45, 2.75) is 20.4 Å². The van der Waals surface area contributed by atoms with Crippen LogP contribution >= 0.6 is 11.3 Å². The second kappa shape index (κ2) is 5.72. The molecule has 2 heterocycles. The number of nitrogens with zero attached hydrogens (tertiary/aromatic N) is 2. The van der Waals surface area contributed by atoms with Gasteiger partial charge in [-0.2, -0.15) is 0 Å². The molecular weight excluding hydrogens is 256 g/mol. The first kappa shape index (κ1) is 14.0. The van der Waals surface area contributed by atoms with E-state index in [0.717, 1.165) is 23.5 Å². The first-order valence-electron chi connectivity index (χ1n) is 6.36. The van der Waals surface area contributed by atoms with Gasteiger partial charge in [0.15, 0.2) is 5.78 Å². The van der Waals surface area contributed by atoms with Crippen LogP contribution in [-0.4, -0.2) is 28.8 Å². The summed E-state index contributed by atoms with van der Waals surface area (Å²) in [6, 6.07) is 6.13. The standard InChI is InChI=1S/C15H20N2OS/c1-11-8-14(12(2)17(11)4)15(18)10-16(3)9-13-6-5-7-19-13/h5-8H,9-10H2,1-4H3. The highest BCUT2D eigenvalue weighted by Gasteiger charge is 2.15. The number of thiophene rings is 1. The van der Waals surface area contributed by atoms with Crippen LogP contribution in [0, 0.1) is 13.8 Å². The molecule has 0 saturated carbocycles. The van der Waals surface area contributed by atoms with Gasteiger partial charge in [0.1, 0.15) is 0 Å². The van der Waals surface area contributed by atoms with Crippen molar-refractivity contribution in [2.75, 3.05) is 13.6 Å². The summed E-state index contributed by atoms with van der Waals surface area (Å²) < 4.78 is 2.06. The quantitative estimate of drug-likeness (QED) is 0.784. The van der Waals surface area contributed by atoms with Crippen LogP contribution in [0.25, 0.3) is 0 Å². The number of carbonyl (C=O) groups is 1. The van der Waals surface area contributed by atoms with E-state index in [-0.39, 0.29) is 5.78 Å². The Morgan fingerprint density at radius 2 is 2.16 bits per heavy atom. The molecule has 0 saturated heterocycles. The minimum atomic E-state index is 0.195. The van der Waals surface area contributed by atoms with E-state index in [9.17, 15) is 4.79 Å². The molecule has 2 aromatic rings. The summed E-state index contributed by atoms with van der Waals surface area (Å²) in [7, 11) is 3.99. The van der Waals surface area contributed by atoms with E-state index >= 15 is 0 Å². The van der Waals surface area contributed by atoms with Gasteiger partial charge in [-0.15, -0.1) is 11.3 Å². The van der Waals surface area contributed by atoms with E-state index in [2.05, 4.69) is 20.9 Å². The van der Waals surface area contributed by atoms with Crippen LogP contribution in [0.5, 0.6) is 0 Å². The molecule has 3 nitrogen and oxygen atoms in total. The van der Waals surface area contributed by atoms with Gasteiger partial charge in [-0.1, -0.05) is 6.07 Å². The number of hydrogen-bond donors (Lipinski definition) is 0. The minimum Gasteiger partial charge on any atom is -0.351 e. The first-order valence-corrected chi connectivity index (χ1v) is 7.24. The third kappa shape index (κ3) is 3.14. The molecular formula is C15H20N2OS. The molecule has 0 aliphatic heterocycles. The number of carbonyl (C=O) groups excluding carboxylic acids is 1. The maximum atomic E-state index is 12.3. The van der Waals surface area contributed by atoms with E-state index in [1.165, 1.54) is 4.88 Å². The number of Topliss-reactive ketones (excluding diaryl/α,β-unsaturated/α-hetero) is 1. The second-order valence-corrected chi connectivity index (χ2v) is 6.05. The number of likely N-dealkylation sites (N-methyl/N-ethyl adjacent to an activating group) is 1. The van der Waals surface area contributed by atoms with E-state index in [1.54, 1.807) is 11.3 Å². The van der Waals surface area contributed by atoms with Gasteiger partial charge < -0.3 is 4.57 Å². The lowest BCUT2D eigenvalue weighted by Crippen LogP contribution is -2.25. The normalized spacial score (nSPS) is 11.2. The average molecular weight is 276 g/mol. The summed E-state index contributed by atoms with van der Waals surface area (Å²) in [5.74, 6) is 0.195. The average Bonchev–Trinajstić information content (AvgIpc) is 2.93. The molecule has 0 aliphatic carbocycles. The van der Waals surface area contributed by atoms with Crippen molar-refractivity contribution in [2.24, 2.45) is 7.05 Å². The SMILES string of the molecule is Cc1cc(C(=O)CN(C)Cc2cccs2)c(C)n1C. The van der Waals surface area contributed by atoms with Crippen LogP contribution in [0.3, 0.4) is 0 Å². The van der Waals surface area contributed by atoms with Crippen molar-refractivity contribution in [1.29, 1.82) is 0 Å². The number of ketones is 1. The van der Waals surface area contributed by atoms with Gasteiger partial charge in [-0.3, -0.25) is 9.69 Å². The van der Waals surface area contributed by atoms with Gasteiger partial charge in [0.05, 0.1) is 6.54 Å². The van der Waals surface area contributed by atoms with Crippen molar-refractivity contribution >= 4 is 17.1 Å². The number of aromatic nitrogens is 1. The molecule has 0 aromatic carbocycles. The van der Waals surface area contributed by atoms with E-state index in [0.29, 0.717) is 6.54 Å². The smallest absolute Gasteiger partial charge is 0.178 e. The van der Waals surface area contributed by atoms with Crippen LogP contribution in [-0.2, 0) is 13.6 Å². The largest absolute Gasteiger partial charge is 0.351 e. The Balaban J connectivity index is 2.02. The highest BCUT2D eigenvalue weighted by atomic mass is 32.1. The summed E-state index contributed by atoms with van der Waals surface area (Å²) >= 11 is 1.73. The molecule has 0 radical (unpaired) electrons. The molecule has 19 heavy (non-hydrogen) atoms. The minimum absolute atomic E-state index is 0.195. The van der Waals surface area contributed by atoms with E-state index in [4.69, 9.17) is 0 Å². The number of hydrogen-bond acceptors (Lipinski definition) is 3. The Morgan fingerprint density at radius 3 is 2.68 bits per heavy atom. The van der Waals surface area contributed by atoms with Crippen molar-refractivity contribution in [3.63, 3.8) is 0 Å². The number of aryl methyl sites for hydroxylation is 1. The summed E-state index contributed by atoms with van der Waals surface area (Å²) in [5, 5.41) is 2.07. The molecule has 0 N–H and O–H groups in total. The van der Waals surface area contributed by atoms with Gasteiger partial charge in [0, 0.05) is 35.4 Å². The molecule has 0 atom stereocenters. The third-order valence-corrected chi connectivity index (χ3v) is 4.36. The predicted molar refractivity (Wildman–Crippen MR) is 79.9 cm³/mol. The van der Waals surface area contributed by atoms with Crippen molar-refractivity contribution in [3.05, 3.63) is 45.4 Å². The Hall–Kier alpha value is -1.39. The van der Waals surface area contributed by atoms with Crippen LogP contribution in [0.15, 0.2) is 23.6 Å². The van der Waals surface area contributed by atoms with Gasteiger partial charge in [0.2, 0.25) is 0 Å². The fourth-order valence-electron chi connectivity index (χ4n) is 2.19. The van der Waals surface area contributed by atoms with Crippen LogP contribution < -0.4 is 0 Å². The summed E-state index contributed by atoms with van der Waals surface area (Å²) in [5.41, 5.74) is 3.02. The van der Waals surface area contributed by atoms with Crippen molar-refractivity contribution < 1.29 is 4.79 Å². The van der Waals surface area contributed by atoms with Gasteiger partial charge in [-0.05, 0) is 38.4 Å². The van der Waals surface area contributed by atoms with Crippen LogP contribution in [0.4, 0.5) is 0 Å². The third-order valence-electron chi connectivity index (χ3n) is 3.49. The van der Waals surface area contributed by atoms with Gasteiger partial charge >= 0.3 is 0 Å². The summed E-state index contributed by atoms with van der Waals surface area (Å²) in [6.45, 7) is 5.31. The lowest BCUT2D eigenvalue weighted by atomic mass is 10.1. The maximum absolute atomic E-state index is 12.3. The van der Waals surface area contributed by atoms with Crippen LogP contribution in [0.1, 0.15) is 26.6 Å². The topological polar surface area (TPSA) is 25.2 Å². The van der Waals surface area contributed by atoms with Crippen molar-refractivity contribution in [3.8, 4) is 0 Å². The van der Waals surface area contributed by atoms with Gasteiger partial charge in [-0.25, -0.2) is 0 Å². The zero-order valence-corrected chi connectivity index (χ0v) is 12.8. The molecule has 2 aromatic heterocycles. The summed E-state index contributed by atoms with van der Waals surface area (Å²) in [4.78, 5) is 15.7. The second-order valence-electron chi connectivity index (χ2n) is 5.02. The zero-order valence-electron chi connectivity index (χ0n) is 11.9. The van der Waals surface area contributed by atoms with Crippen molar-refractivity contribution in [1.82, 2.24) is 9.47 Å². The molecule has 2 rings (SSSR count). The lowest BCUT2D eigenvalue weighted by Gasteiger charge is -2.14. The Morgan fingerprint density at radius 1 is 1.42 bits per heavy atom. The molecule has 0 amide bonds. The Kier molecular flexibility index (Phi) is 4.22. The Labute approximate surface area is 118 Å². The maximum Gasteiger partial charge on any atom is 0.178 e. The molecule has 0 aliphatic rings. The zero-order chi connectivity index (χ0) is 14.0. The summed E-state index contributed by atoms with van der Waals surface area (Å²) in [6.07, 6.45) is 0. The fraction of sp³-hybridized carbons (Fsp3) is 0.400. The lowest BCUT2D eigenvalue weighted by molar-refractivity contribution is 0.0943. The highest BCUT2D eigenvalue weighted by molar-refractivity contribution is 7.09. The molecule has 4 heteroatoms. The highest BCUT2D eigenvalue weighted by Crippen LogP contribution is 2.15. The van der Waals surface area contributed by atoms with E-state index < -0.39 is 0 Å². The monoisotopic (exact) mass is 276 g/mol. The van der Waals surface area contributed by atoms with E-state index in [1.807, 2.05) is 40.1 Å². The molecule has 0 bridgehead atoms. The first-order chi connectivity index (χ1) is 8.99. The van der Waals surface area contributed by atoms with Gasteiger partial charge in [0.25, 0.3) is 0 Å².